The van der Waals surface area contributed by atoms with Gasteiger partial charge in [-0.2, -0.15) is 4.31 Å². The quantitative estimate of drug-likeness (QED) is 0.448. The molecule has 1 N–H and O–H groups in total. The molecule has 0 radical (unpaired) electrons. The molecule has 0 spiro atoms. The highest BCUT2D eigenvalue weighted by Crippen LogP contribution is 2.34. The van der Waals surface area contributed by atoms with Crippen molar-refractivity contribution in [2.45, 2.75) is 95.3 Å². The first-order valence-corrected chi connectivity index (χ1v) is 12.5. The molecule has 1 heterocycles. The van der Waals surface area contributed by atoms with Gasteiger partial charge < -0.3 is 14.6 Å². The number of benzene rings is 1. The molecule has 2 rings (SSSR count). The van der Waals surface area contributed by atoms with Gasteiger partial charge in [0.1, 0.15) is 11.4 Å². The maximum Gasteiger partial charge on any atom is 0.327 e. The molecular weight excluding hydrogens is 418 g/mol. The van der Waals surface area contributed by atoms with E-state index >= 15 is 0 Å². The van der Waals surface area contributed by atoms with Gasteiger partial charge in [0.25, 0.3) is 0 Å². The lowest BCUT2D eigenvalue weighted by Gasteiger charge is -2.43. The summed E-state index contributed by atoms with van der Waals surface area (Å²) in [4.78, 5) is 12.9. The van der Waals surface area contributed by atoms with E-state index in [2.05, 4.69) is 6.92 Å². The lowest BCUT2D eigenvalue weighted by atomic mass is 9.87. The first-order chi connectivity index (χ1) is 14.4. The maximum absolute atomic E-state index is 13.4. The van der Waals surface area contributed by atoms with Crippen LogP contribution in [0.2, 0.25) is 0 Å². The molecule has 176 valence electrons. The molecule has 1 saturated heterocycles. The number of carbonyl (C=O) groups is 1. The smallest absolute Gasteiger partial charge is 0.327 e. The van der Waals surface area contributed by atoms with Crippen molar-refractivity contribution in [2.24, 2.45) is 0 Å². The predicted octanol–water partition coefficient (Wildman–Crippen LogP) is 3.89. The van der Waals surface area contributed by atoms with Crippen LogP contribution < -0.4 is 4.74 Å². The SMILES string of the molecule is CCCCCCOc1ccc(S(=O)(=O)N2CCCC(C)(O)C2C(=O)OC(C)(C)C)cc1. The summed E-state index contributed by atoms with van der Waals surface area (Å²) in [5, 5.41) is 10.9. The largest absolute Gasteiger partial charge is 0.494 e. The van der Waals surface area contributed by atoms with Gasteiger partial charge in [-0.25, -0.2) is 8.42 Å². The van der Waals surface area contributed by atoms with Crippen LogP contribution in [-0.4, -0.2) is 54.2 Å². The molecule has 2 unspecified atom stereocenters. The van der Waals surface area contributed by atoms with Gasteiger partial charge in [-0.3, -0.25) is 4.79 Å². The number of hydrogen-bond donors (Lipinski definition) is 1. The highest BCUT2D eigenvalue weighted by atomic mass is 32.2. The topological polar surface area (TPSA) is 93.1 Å². The molecule has 0 saturated carbocycles. The zero-order chi connectivity index (χ0) is 23.3. The van der Waals surface area contributed by atoms with Crippen molar-refractivity contribution in [1.29, 1.82) is 0 Å². The summed E-state index contributed by atoms with van der Waals surface area (Å²) < 4.78 is 38.9. The lowest BCUT2D eigenvalue weighted by Crippen LogP contribution is -2.61. The molecule has 1 fully saturated rings. The summed E-state index contributed by atoms with van der Waals surface area (Å²) in [6.07, 6.45) is 5.13. The van der Waals surface area contributed by atoms with E-state index < -0.39 is 33.2 Å². The minimum absolute atomic E-state index is 0.0529. The van der Waals surface area contributed by atoms with E-state index in [1.165, 1.54) is 25.5 Å². The molecule has 0 aromatic heterocycles. The van der Waals surface area contributed by atoms with Crippen molar-refractivity contribution in [3.05, 3.63) is 24.3 Å². The van der Waals surface area contributed by atoms with Crippen molar-refractivity contribution < 1.29 is 27.8 Å². The number of nitrogens with zero attached hydrogens (tertiary/aromatic N) is 1. The fraction of sp³-hybridized carbons (Fsp3) is 0.696. The van der Waals surface area contributed by atoms with Crippen molar-refractivity contribution in [3.8, 4) is 5.75 Å². The molecule has 0 aliphatic carbocycles. The van der Waals surface area contributed by atoms with Gasteiger partial charge in [-0.1, -0.05) is 26.2 Å². The third-order valence-corrected chi connectivity index (χ3v) is 7.14. The van der Waals surface area contributed by atoms with Crippen LogP contribution in [0.5, 0.6) is 5.75 Å². The van der Waals surface area contributed by atoms with E-state index in [9.17, 15) is 18.3 Å². The van der Waals surface area contributed by atoms with Gasteiger partial charge in [0.15, 0.2) is 6.04 Å². The number of hydrogen-bond acceptors (Lipinski definition) is 6. The molecular formula is C23H37NO6S. The molecule has 31 heavy (non-hydrogen) atoms. The number of piperidine rings is 1. The normalized spacial score (nSPS) is 22.8. The lowest BCUT2D eigenvalue weighted by molar-refractivity contribution is -0.171. The highest BCUT2D eigenvalue weighted by Gasteiger charge is 2.50. The van der Waals surface area contributed by atoms with Crippen molar-refractivity contribution >= 4 is 16.0 Å². The summed E-state index contributed by atoms with van der Waals surface area (Å²) in [6, 6.07) is 4.90. The van der Waals surface area contributed by atoms with Gasteiger partial charge in [0, 0.05) is 6.54 Å². The Kier molecular flexibility index (Phi) is 8.53. The van der Waals surface area contributed by atoms with E-state index in [0.29, 0.717) is 25.2 Å². The summed E-state index contributed by atoms with van der Waals surface area (Å²) in [5.74, 6) is -0.141. The second kappa shape index (κ2) is 10.3. The Bertz CT molecular complexity index is 827. The van der Waals surface area contributed by atoms with Crippen molar-refractivity contribution in [1.82, 2.24) is 4.31 Å². The van der Waals surface area contributed by atoms with Crippen LogP contribution in [0, 0.1) is 0 Å². The Morgan fingerprint density at radius 3 is 2.42 bits per heavy atom. The molecule has 1 aliphatic rings. The number of aliphatic hydroxyl groups is 1. The molecule has 1 aromatic carbocycles. The fourth-order valence-corrected chi connectivity index (χ4v) is 5.43. The minimum Gasteiger partial charge on any atom is -0.494 e. The Hall–Kier alpha value is -1.64. The monoisotopic (exact) mass is 455 g/mol. The molecule has 0 amide bonds. The predicted molar refractivity (Wildman–Crippen MR) is 119 cm³/mol. The Morgan fingerprint density at radius 2 is 1.84 bits per heavy atom. The van der Waals surface area contributed by atoms with Crippen molar-refractivity contribution in [2.75, 3.05) is 13.2 Å². The second-order valence-corrected chi connectivity index (χ2v) is 11.3. The van der Waals surface area contributed by atoms with Crippen LogP contribution in [0.25, 0.3) is 0 Å². The van der Waals surface area contributed by atoms with Crippen LogP contribution in [0.4, 0.5) is 0 Å². The van der Waals surface area contributed by atoms with Crippen LogP contribution in [0.3, 0.4) is 0 Å². The van der Waals surface area contributed by atoms with E-state index in [0.717, 1.165) is 23.6 Å². The van der Waals surface area contributed by atoms with Crippen LogP contribution in [-0.2, 0) is 19.6 Å². The van der Waals surface area contributed by atoms with Crippen LogP contribution in [0.1, 0.15) is 73.1 Å². The number of esters is 1. The number of sulfonamides is 1. The summed E-state index contributed by atoms with van der Waals surface area (Å²) in [6.45, 7) is 9.49. The molecule has 1 aromatic rings. The zero-order valence-electron chi connectivity index (χ0n) is 19.4. The third-order valence-electron chi connectivity index (χ3n) is 5.27. The maximum atomic E-state index is 13.4. The summed E-state index contributed by atoms with van der Waals surface area (Å²) >= 11 is 0. The standard InChI is InChI=1S/C23H37NO6S/c1-6-7-8-9-17-29-18-11-13-19(14-12-18)31(27,28)24-16-10-15-23(5,26)20(24)21(25)30-22(2,3)4/h11-14,20,26H,6-10,15-17H2,1-5H3. The van der Waals surface area contributed by atoms with Gasteiger partial charge >= 0.3 is 5.97 Å². The summed E-state index contributed by atoms with van der Waals surface area (Å²) in [7, 11) is -4.02. The van der Waals surface area contributed by atoms with Gasteiger partial charge in [0.05, 0.1) is 17.1 Å². The number of carbonyl (C=O) groups excluding carboxylic acids is 1. The molecule has 7 nitrogen and oxygen atoms in total. The number of unbranched alkanes of at least 4 members (excludes halogenated alkanes) is 3. The number of ether oxygens (including phenoxy) is 2. The second-order valence-electron chi connectivity index (χ2n) is 9.39. The van der Waals surface area contributed by atoms with Crippen LogP contribution in [0.15, 0.2) is 29.2 Å². The third kappa shape index (κ3) is 6.92. The molecule has 1 aliphatic heterocycles. The fourth-order valence-electron chi connectivity index (χ4n) is 3.72. The summed E-state index contributed by atoms with van der Waals surface area (Å²) in [5.41, 5.74) is -2.31. The van der Waals surface area contributed by atoms with Gasteiger partial charge in [0.2, 0.25) is 10.0 Å². The first kappa shape index (κ1) is 25.6. The van der Waals surface area contributed by atoms with E-state index in [1.54, 1.807) is 32.9 Å². The average Bonchev–Trinajstić information content (AvgIpc) is 2.65. The van der Waals surface area contributed by atoms with E-state index in [4.69, 9.17) is 9.47 Å². The Balaban J connectivity index is 2.20. The minimum atomic E-state index is -4.02. The van der Waals surface area contributed by atoms with Crippen molar-refractivity contribution in [3.63, 3.8) is 0 Å². The number of rotatable bonds is 9. The van der Waals surface area contributed by atoms with E-state index in [1.807, 2.05) is 0 Å². The van der Waals surface area contributed by atoms with Gasteiger partial charge in [-0.15, -0.1) is 0 Å². The highest BCUT2D eigenvalue weighted by molar-refractivity contribution is 7.89. The van der Waals surface area contributed by atoms with Crippen LogP contribution >= 0.6 is 0 Å². The van der Waals surface area contributed by atoms with Gasteiger partial charge in [-0.05, 0) is 71.2 Å². The zero-order valence-corrected chi connectivity index (χ0v) is 20.2. The Morgan fingerprint density at radius 1 is 1.19 bits per heavy atom. The van der Waals surface area contributed by atoms with E-state index in [-0.39, 0.29) is 11.4 Å². The molecule has 0 bridgehead atoms. The molecule has 8 heteroatoms. The average molecular weight is 456 g/mol. The first-order valence-electron chi connectivity index (χ1n) is 11.1. The Labute approximate surface area is 186 Å². The molecule has 2 atom stereocenters.